The van der Waals surface area contributed by atoms with Gasteiger partial charge in [-0.05, 0) is 106 Å². The van der Waals surface area contributed by atoms with E-state index in [0.717, 1.165) is 43.5 Å². The van der Waals surface area contributed by atoms with Gasteiger partial charge in [0.05, 0.1) is 23.6 Å². The van der Waals surface area contributed by atoms with E-state index in [-0.39, 0.29) is 22.9 Å². The summed E-state index contributed by atoms with van der Waals surface area (Å²) in [5.41, 5.74) is 12.4. The number of carboxylic acid groups (broad SMARTS) is 2. The van der Waals surface area contributed by atoms with Gasteiger partial charge >= 0.3 is 23.9 Å². The standard InChI is InChI=1S/C29H36FN5O2.C20H18O8/c1-5-12-35-18-20(17-33-35)8-13-34(4)14-9-22-26(19(3)6-2)24(29(31)36)16-23(27(22)30)21-7-11-32-25-10-15-37-28(21)25;1-11-3-7-13(8-4-11)19(25)27-15(17(21)22)16(18(23)24)28-20(26)14-9-5-12(2)6-10-14/h7,10-11,15-19H,5-6,8-9,12-14H2,1-4H3,(H2,31,36);3-10,15-16H,1-2H3,(H,21,22)(H,23,24). The Morgan fingerprint density at radius 1 is 0.846 bits per heavy atom. The molecule has 4 N–H and O–H groups in total. The number of fused-ring (bicyclic) bond motifs is 1. The Hall–Kier alpha value is -7.20. The molecule has 6 aromatic rings. The van der Waals surface area contributed by atoms with Crippen molar-refractivity contribution in [2.24, 2.45) is 5.73 Å². The van der Waals surface area contributed by atoms with Gasteiger partial charge in [-0.2, -0.15) is 5.10 Å². The monoisotopic (exact) mass is 891 g/mol. The first-order chi connectivity index (χ1) is 31.0. The van der Waals surface area contributed by atoms with Gasteiger partial charge in [-0.1, -0.05) is 56.2 Å². The lowest BCUT2D eigenvalue weighted by atomic mass is 9.84. The van der Waals surface area contributed by atoms with Crippen molar-refractivity contribution in [2.75, 3.05) is 20.1 Å². The number of pyridine rings is 1. The predicted octanol–water partition coefficient (Wildman–Crippen LogP) is 7.79. The summed E-state index contributed by atoms with van der Waals surface area (Å²) in [5, 5.41) is 23.0. The number of nitrogens with two attached hydrogens (primary N) is 1. The fraction of sp³-hybridized carbons (Fsp3) is 0.327. The van der Waals surface area contributed by atoms with Gasteiger partial charge in [0.25, 0.3) is 0 Å². The summed E-state index contributed by atoms with van der Waals surface area (Å²) < 4.78 is 33.6. The third kappa shape index (κ3) is 12.5. The van der Waals surface area contributed by atoms with Crippen molar-refractivity contribution < 1.29 is 52.5 Å². The zero-order valence-corrected chi connectivity index (χ0v) is 37.2. The summed E-state index contributed by atoms with van der Waals surface area (Å²) in [7, 11) is 2.03. The number of amides is 1. The second-order valence-electron chi connectivity index (χ2n) is 15.8. The maximum Gasteiger partial charge on any atom is 0.349 e. The number of rotatable bonds is 19. The van der Waals surface area contributed by atoms with Crippen LogP contribution in [0.15, 0.2) is 96.0 Å². The van der Waals surface area contributed by atoms with E-state index in [0.29, 0.717) is 51.9 Å². The summed E-state index contributed by atoms with van der Waals surface area (Å²) in [6.45, 7) is 12.1. The third-order valence-electron chi connectivity index (χ3n) is 10.9. The Labute approximate surface area is 376 Å². The molecule has 3 heterocycles. The molecule has 3 atom stereocenters. The van der Waals surface area contributed by atoms with E-state index in [1.807, 2.05) is 31.8 Å². The van der Waals surface area contributed by atoms with Crippen LogP contribution in [0.1, 0.15) is 98.4 Å². The summed E-state index contributed by atoms with van der Waals surface area (Å²) >= 11 is 0. The van der Waals surface area contributed by atoms with Gasteiger partial charge in [0.2, 0.25) is 18.1 Å². The molecule has 6 rings (SSSR count). The number of hydrogen-bond donors (Lipinski definition) is 3. The molecule has 0 bridgehead atoms. The average molecular weight is 892 g/mol. The number of carboxylic acids is 2. The maximum atomic E-state index is 16.3. The molecular formula is C49H54FN5O10. The number of nitrogens with zero attached hydrogens (tertiary/aromatic N) is 4. The number of carbonyl (C=O) groups is 5. The number of benzene rings is 3. The maximum absolute atomic E-state index is 16.3. The van der Waals surface area contributed by atoms with E-state index in [1.165, 1.54) is 36.1 Å². The molecule has 3 aromatic heterocycles. The highest BCUT2D eigenvalue weighted by atomic mass is 19.1. The highest BCUT2D eigenvalue weighted by Crippen LogP contribution is 2.38. The molecule has 0 saturated heterocycles. The second kappa shape index (κ2) is 22.4. The molecule has 0 radical (unpaired) electrons. The Kier molecular flexibility index (Phi) is 16.8. The van der Waals surface area contributed by atoms with Crippen LogP contribution in [0.2, 0.25) is 0 Å². The summed E-state index contributed by atoms with van der Waals surface area (Å²) in [4.78, 5) is 66.4. The van der Waals surface area contributed by atoms with E-state index in [9.17, 15) is 34.2 Å². The second-order valence-corrected chi connectivity index (χ2v) is 15.8. The van der Waals surface area contributed by atoms with Crippen molar-refractivity contribution >= 4 is 40.9 Å². The number of halogens is 1. The molecule has 342 valence electrons. The molecule has 16 heteroatoms. The number of ether oxygens (including phenoxy) is 2. The molecule has 0 aliphatic carbocycles. The minimum atomic E-state index is -2.22. The lowest BCUT2D eigenvalue weighted by Gasteiger charge is -2.23. The first-order valence-corrected chi connectivity index (χ1v) is 21.2. The molecule has 15 nitrogen and oxygen atoms in total. The summed E-state index contributed by atoms with van der Waals surface area (Å²) in [6.07, 6.45) is 5.84. The zero-order chi connectivity index (χ0) is 47.4. The van der Waals surface area contributed by atoms with Gasteiger partial charge in [-0.3, -0.25) is 14.5 Å². The predicted molar refractivity (Wildman–Crippen MR) is 240 cm³/mol. The lowest BCUT2D eigenvalue weighted by Crippen LogP contribution is -2.45. The normalized spacial score (nSPS) is 12.5. The van der Waals surface area contributed by atoms with Gasteiger partial charge in [-0.15, -0.1) is 0 Å². The molecule has 0 saturated carbocycles. The number of aromatic nitrogens is 3. The van der Waals surface area contributed by atoms with Crippen molar-refractivity contribution in [3.63, 3.8) is 0 Å². The van der Waals surface area contributed by atoms with Crippen molar-refractivity contribution in [1.82, 2.24) is 19.7 Å². The highest BCUT2D eigenvalue weighted by molar-refractivity contribution is 5.99. The lowest BCUT2D eigenvalue weighted by molar-refractivity contribution is -0.166. The third-order valence-corrected chi connectivity index (χ3v) is 10.9. The van der Waals surface area contributed by atoms with E-state index in [4.69, 9.17) is 19.6 Å². The van der Waals surface area contributed by atoms with Crippen LogP contribution >= 0.6 is 0 Å². The Morgan fingerprint density at radius 3 is 1.94 bits per heavy atom. The largest absolute Gasteiger partial charge is 0.478 e. The van der Waals surface area contributed by atoms with Crippen LogP contribution in [0.3, 0.4) is 0 Å². The number of furan rings is 1. The number of likely N-dealkylation sites (N-methyl/N-ethyl adjacent to an activating group) is 1. The smallest absolute Gasteiger partial charge is 0.349 e. The molecule has 0 aliphatic heterocycles. The molecule has 0 aliphatic rings. The van der Waals surface area contributed by atoms with Gasteiger partial charge < -0.3 is 34.7 Å². The summed E-state index contributed by atoms with van der Waals surface area (Å²) in [5.74, 6) is -6.53. The first-order valence-electron chi connectivity index (χ1n) is 21.2. The van der Waals surface area contributed by atoms with Crippen LogP contribution in [-0.4, -0.2) is 92.0 Å². The van der Waals surface area contributed by atoms with Crippen LogP contribution in [0.4, 0.5) is 4.39 Å². The number of primary amides is 1. The molecule has 0 spiro atoms. The molecule has 0 fully saturated rings. The van der Waals surface area contributed by atoms with Gasteiger partial charge in [-0.25, -0.2) is 23.6 Å². The Bertz CT molecular complexity index is 2550. The summed E-state index contributed by atoms with van der Waals surface area (Å²) in [6, 6.07) is 17.1. The van der Waals surface area contributed by atoms with Crippen molar-refractivity contribution in [1.29, 1.82) is 0 Å². The van der Waals surface area contributed by atoms with E-state index < -0.39 is 42.0 Å². The van der Waals surface area contributed by atoms with Crippen LogP contribution in [-0.2, 0) is 38.4 Å². The minimum absolute atomic E-state index is 0.0168. The number of hydrogen-bond acceptors (Lipinski definition) is 11. The Morgan fingerprint density at radius 2 is 1.42 bits per heavy atom. The molecule has 1 amide bonds. The van der Waals surface area contributed by atoms with Crippen LogP contribution in [0.5, 0.6) is 0 Å². The molecule has 3 unspecified atom stereocenters. The fourth-order valence-electron chi connectivity index (χ4n) is 7.08. The SMILES string of the molecule is CCCn1cc(CCN(C)CCc2c(F)c(-c3ccnc4ccoc34)cc(C(N)=O)c2C(C)CC)cn1.Cc1ccc(C(=O)OC(C(=O)O)C(OC(=O)c2ccc(C)cc2)C(=O)O)cc1. The van der Waals surface area contributed by atoms with E-state index in [1.54, 1.807) is 62.5 Å². The quantitative estimate of drug-likeness (QED) is 0.0663. The van der Waals surface area contributed by atoms with Crippen molar-refractivity contribution in [3.8, 4) is 11.1 Å². The van der Waals surface area contributed by atoms with E-state index >= 15 is 4.39 Å². The van der Waals surface area contributed by atoms with E-state index in [2.05, 4.69) is 28.1 Å². The van der Waals surface area contributed by atoms with Crippen LogP contribution < -0.4 is 5.73 Å². The fourth-order valence-corrected chi connectivity index (χ4v) is 7.08. The van der Waals surface area contributed by atoms with Gasteiger partial charge in [0.1, 0.15) is 11.3 Å². The van der Waals surface area contributed by atoms with Crippen LogP contribution in [0.25, 0.3) is 22.2 Å². The molecule has 65 heavy (non-hydrogen) atoms. The first kappa shape index (κ1) is 48.8. The zero-order valence-electron chi connectivity index (χ0n) is 37.2. The number of esters is 2. The van der Waals surface area contributed by atoms with Crippen molar-refractivity contribution in [2.45, 2.75) is 85.0 Å². The van der Waals surface area contributed by atoms with Gasteiger partial charge in [0, 0.05) is 54.8 Å². The number of carbonyl (C=O) groups excluding carboxylic acids is 3. The topological polar surface area (TPSA) is 217 Å². The minimum Gasteiger partial charge on any atom is -0.478 e. The Balaban J connectivity index is 0.000000254. The molecular weight excluding hydrogens is 838 g/mol. The van der Waals surface area contributed by atoms with Crippen LogP contribution in [0, 0.1) is 19.7 Å². The average Bonchev–Trinajstić information content (AvgIpc) is 3.96. The molecule has 3 aromatic carbocycles. The van der Waals surface area contributed by atoms with Crippen molar-refractivity contribution in [3.05, 3.63) is 142 Å². The number of aryl methyl sites for hydroxylation is 3. The van der Waals surface area contributed by atoms with Gasteiger partial charge in [0.15, 0.2) is 5.58 Å². The highest BCUT2D eigenvalue weighted by Gasteiger charge is 2.41. The number of aliphatic carboxylic acids is 2.